The summed E-state index contributed by atoms with van der Waals surface area (Å²) in [4.78, 5) is 38.5. The summed E-state index contributed by atoms with van der Waals surface area (Å²) < 4.78 is 24.9. The number of H-pyrrole nitrogens is 1. The molecule has 4 heterocycles. The number of aromatic amines is 1. The second kappa shape index (κ2) is 7.93. The predicted octanol–water partition coefficient (Wildman–Crippen LogP) is 1.07. The monoisotopic (exact) mass is 433 g/mol. The molecule has 2 fully saturated rings. The summed E-state index contributed by atoms with van der Waals surface area (Å²) in [5.41, 5.74) is 8.23. The van der Waals surface area contributed by atoms with Crippen LogP contribution in [0.15, 0.2) is 22.6 Å². The van der Waals surface area contributed by atoms with Crippen molar-refractivity contribution in [3.8, 4) is 0 Å². The van der Waals surface area contributed by atoms with E-state index in [9.17, 15) is 9.59 Å². The zero-order chi connectivity index (χ0) is 22.3. The zero-order valence-corrected chi connectivity index (χ0v) is 17.5. The van der Waals surface area contributed by atoms with Gasteiger partial charge in [0.05, 0.1) is 36.8 Å². The molecule has 0 spiro atoms. The summed E-state index contributed by atoms with van der Waals surface area (Å²) >= 11 is 0. The number of nitrogens with one attached hydrogen (secondary N) is 1. The van der Waals surface area contributed by atoms with E-state index in [4.69, 9.17) is 24.5 Å². The quantitative estimate of drug-likeness (QED) is 0.323. The van der Waals surface area contributed by atoms with Crippen molar-refractivity contribution in [2.45, 2.75) is 57.5 Å². The minimum atomic E-state index is -0.910. The molecule has 1 N–H and O–H groups in total. The summed E-state index contributed by atoms with van der Waals surface area (Å²) in [5.74, 6) is -0.459. The van der Waals surface area contributed by atoms with Crippen LogP contribution in [0.1, 0.15) is 27.0 Å². The standard InChI is InChI=1S/C18H23N7O6/c1-18(2,3)17(27)31-13-12-11(9(23-24-19)8(28-4)5-29-12)30-16(13)25-7-22-10-14(25)20-6-21-15(10)26/h6-9,11-13,16H,5H2,1-4H3,(H,20,21,26)/t8-,9-,11-,12-,13-,16-/m1/s1. The van der Waals surface area contributed by atoms with E-state index >= 15 is 0 Å². The Kier molecular flexibility index (Phi) is 5.43. The lowest BCUT2D eigenvalue weighted by molar-refractivity contribution is -0.173. The van der Waals surface area contributed by atoms with Gasteiger partial charge in [-0.1, -0.05) is 5.11 Å². The molecule has 13 nitrogen and oxygen atoms in total. The third-order valence-corrected chi connectivity index (χ3v) is 5.38. The first-order valence-corrected chi connectivity index (χ1v) is 9.71. The Morgan fingerprint density at radius 3 is 2.84 bits per heavy atom. The molecule has 0 aromatic carbocycles. The van der Waals surface area contributed by atoms with E-state index in [1.165, 1.54) is 24.3 Å². The van der Waals surface area contributed by atoms with Crippen LogP contribution in [-0.2, 0) is 23.7 Å². The number of rotatable bonds is 4. The minimum Gasteiger partial charge on any atom is -0.454 e. The van der Waals surface area contributed by atoms with Gasteiger partial charge in [-0.2, -0.15) is 0 Å². The van der Waals surface area contributed by atoms with Crippen molar-refractivity contribution in [2.75, 3.05) is 13.7 Å². The number of nitrogens with zero attached hydrogens (tertiary/aromatic N) is 6. The number of carbonyl (C=O) groups is 1. The van der Waals surface area contributed by atoms with Gasteiger partial charge in [-0.05, 0) is 26.3 Å². The van der Waals surface area contributed by atoms with Gasteiger partial charge in [-0.15, -0.1) is 0 Å². The molecule has 0 saturated carbocycles. The Labute approximate surface area is 176 Å². The highest BCUT2D eigenvalue weighted by Gasteiger charge is 2.56. The largest absolute Gasteiger partial charge is 0.454 e. The van der Waals surface area contributed by atoms with Crippen molar-refractivity contribution >= 4 is 17.1 Å². The Bertz CT molecular complexity index is 1080. The van der Waals surface area contributed by atoms with E-state index in [2.05, 4.69) is 25.0 Å². The molecule has 0 unspecified atom stereocenters. The van der Waals surface area contributed by atoms with E-state index in [1.807, 2.05) is 0 Å². The minimum absolute atomic E-state index is 0.115. The van der Waals surface area contributed by atoms with Gasteiger partial charge in [0.2, 0.25) is 0 Å². The van der Waals surface area contributed by atoms with E-state index < -0.39 is 53.6 Å². The highest BCUT2D eigenvalue weighted by atomic mass is 16.6. The molecule has 2 aromatic rings. The molecule has 2 saturated heterocycles. The van der Waals surface area contributed by atoms with Gasteiger partial charge in [0.15, 0.2) is 23.5 Å². The van der Waals surface area contributed by atoms with Crippen LogP contribution in [0.2, 0.25) is 0 Å². The number of ether oxygens (including phenoxy) is 4. The maximum atomic E-state index is 12.7. The van der Waals surface area contributed by atoms with Crippen LogP contribution in [0.25, 0.3) is 21.6 Å². The zero-order valence-electron chi connectivity index (χ0n) is 17.5. The molecule has 31 heavy (non-hydrogen) atoms. The number of methoxy groups -OCH3 is 1. The molecule has 2 aromatic heterocycles. The summed E-state index contributed by atoms with van der Waals surface area (Å²) in [5, 5.41) is 3.85. The van der Waals surface area contributed by atoms with Gasteiger partial charge in [-0.25, -0.2) is 9.97 Å². The van der Waals surface area contributed by atoms with Crippen LogP contribution >= 0.6 is 0 Å². The summed E-state index contributed by atoms with van der Waals surface area (Å²) in [6.07, 6.45) is -1.17. The molecule has 2 aliphatic rings. The highest BCUT2D eigenvalue weighted by molar-refractivity contribution is 5.75. The molecule has 0 bridgehead atoms. The summed E-state index contributed by atoms with van der Waals surface area (Å²) in [6, 6.07) is -0.708. The Morgan fingerprint density at radius 1 is 1.39 bits per heavy atom. The number of aromatic nitrogens is 4. The summed E-state index contributed by atoms with van der Waals surface area (Å²) in [7, 11) is 1.48. The lowest BCUT2D eigenvalue weighted by Gasteiger charge is -2.36. The number of fused-ring (bicyclic) bond motifs is 2. The number of esters is 1. The van der Waals surface area contributed by atoms with Crippen LogP contribution in [0, 0.1) is 5.41 Å². The Balaban J connectivity index is 1.78. The van der Waals surface area contributed by atoms with Gasteiger partial charge in [0, 0.05) is 12.0 Å². The average molecular weight is 433 g/mol. The fraction of sp³-hybridized carbons (Fsp3) is 0.667. The Morgan fingerprint density at radius 2 is 2.16 bits per heavy atom. The van der Waals surface area contributed by atoms with Gasteiger partial charge < -0.3 is 23.9 Å². The molecule has 6 atom stereocenters. The average Bonchev–Trinajstić information content (AvgIpc) is 3.30. The third-order valence-electron chi connectivity index (χ3n) is 5.38. The van der Waals surface area contributed by atoms with E-state index in [0.717, 1.165) is 0 Å². The van der Waals surface area contributed by atoms with Crippen LogP contribution in [-0.4, -0.2) is 69.7 Å². The molecule has 0 aliphatic carbocycles. The topological polar surface area (TPSA) is 166 Å². The number of hydrogen-bond acceptors (Lipinski definition) is 9. The van der Waals surface area contributed by atoms with Gasteiger partial charge in [-0.3, -0.25) is 14.2 Å². The van der Waals surface area contributed by atoms with Crippen LogP contribution in [0.5, 0.6) is 0 Å². The number of azide groups is 1. The maximum Gasteiger partial charge on any atom is 0.311 e. The lowest BCUT2D eigenvalue weighted by Crippen LogP contribution is -2.54. The molecule has 13 heteroatoms. The van der Waals surface area contributed by atoms with Crippen molar-refractivity contribution in [2.24, 2.45) is 10.5 Å². The smallest absolute Gasteiger partial charge is 0.311 e. The van der Waals surface area contributed by atoms with Crippen molar-refractivity contribution in [3.05, 3.63) is 33.5 Å². The predicted molar refractivity (Wildman–Crippen MR) is 105 cm³/mol. The third kappa shape index (κ3) is 3.65. The number of carbonyl (C=O) groups excluding carboxylic acids is 1. The Hall–Kier alpha value is -2.99. The van der Waals surface area contributed by atoms with Crippen molar-refractivity contribution in [1.29, 1.82) is 0 Å². The SMILES string of the molecule is CO[C@@H]1CO[C@@H]2[C@H](O[C@@H](n3cnc4c(=O)[nH]cnc43)[C@@H]2OC(=O)C(C)(C)C)[C@@H]1N=[N+]=[N-]. The second-order valence-corrected chi connectivity index (χ2v) is 8.43. The number of hydrogen-bond donors (Lipinski definition) is 1. The van der Waals surface area contributed by atoms with Crippen molar-refractivity contribution in [1.82, 2.24) is 19.5 Å². The van der Waals surface area contributed by atoms with Crippen molar-refractivity contribution in [3.63, 3.8) is 0 Å². The first kappa shape index (κ1) is 21.2. The first-order valence-electron chi connectivity index (χ1n) is 9.71. The molecular formula is C18H23N7O6. The lowest BCUT2D eigenvalue weighted by atomic mass is 9.95. The number of imidazole rings is 1. The fourth-order valence-electron chi connectivity index (χ4n) is 3.75. The maximum absolute atomic E-state index is 12.7. The van der Waals surface area contributed by atoms with Crippen LogP contribution < -0.4 is 5.56 Å². The molecular weight excluding hydrogens is 410 g/mol. The van der Waals surface area contributed by atoms with Gasteiger partial charge >= 0.3 is 5.97 Å². The van der Waals surface area contributed by atoms with Gasteiger partial charge in [0.1, 0.15) is 12.2 Å². The van der Waals surface area contributed by atoms with E-state index in [1.54, 1.807) is 20.8 Å². The molecule has 0 radical (unpaired) electrons. The summed E-state index contributed by atoms with van der Waals surface area (Å²) in [6.45, 7) is 5.33. The highest BCUT2D eigenvalue weighted by Crippen LogP contribution is 2.41. The van der Waals surface area contributed by atoms with Crippen LogP contribution in [0.3, 0.4) is 0 Å². The fourth-order valence-corrected chi connectivity index (χ4v) is 3.75. The van der Waals surface area contributed by atoms with E-state index in [0.29, 0.717) is 0 Å². The van der Waals surface area contributed by atoms with E-state index in [-0.39, 0.29) is 17.8 Å². The molecule has 2 aliphatic heterocycles. The second-order valence-electron chi connectivity index (χ2n) is 8.43. The first-order chi connectivity index (χ1) is 14.8. The molecule has 0 amide bonds. The van der Waals surface area contributed by atoms with Crippen molar-refractivity contribution < 1.29 is 23.7 Å². The van der Waals surface area contributed by atoms with Gasteiger partial charge in [0.25, 0.3) is 5.56 Å². The molecule has 4 rings (SSSR count). The normalized spacial score (nSPS) is 30.6. The van der Waals surface area contributed by atoms with Crippen LogP contribution in [0.4, 0.5) is 0 Å². The molecule has 166 valence electrons.